The first-order valence-electron chi connectivity index (χ1n) is 10.1. The summed E-state index contributed by atoms with van der Waals surface area (Å²) in [6.07, 6.45) is 0. The lowest BCUT2D eigenvalue weighted by atomic mass is 10.3. The van der Waals surface area contributed by atoms with Crippen molar-refractivity contribution in [3.05, 3.63) is 75.0 Å². The Morgan fingerprint density at radius 1 is 1.06 bits per heavy atom. The number of benzene rings is 2. The average Bonchev–Trinajstić information content (AvgIpc) is 3.14. The van der Waals surface area contributed by atoms with Crippen molar-refractivity contribution in [1.29, 1.82) is 0 Å². The number of hydrogen-bond donors (Lipinski definition) is 0. The number of thioether (sulfide) groups is 1. The summed E-state index contributed by atoms with van der Waals surface area (Å²) in [5.74, 6) is -1.06. The van der Waals surface area contributed by atoms with Crippen LogP contribution in [0.5, 0.6) is 0 Å². The molecule has 0 aliphatic heterocycles. The second-order valence-electron chi connectivity index (χ2n) is 6.92. The molecule has 2 aromatic carbocycles. The molecule has 0 radical (unpaired) electrons. The maximum Gasteiger partial charge on any atom is 0.327 e. The quantitative estimate of drug-likeness (QED) is 0.121. The summed E-state index contributed by atoms with van der Waals surface area (Å²) >= 11 is 7.63. The summed E-state index contributed by atoms with van der Waals surface area (Å²) in [5, 5.41) is -0.958. The molecule has 10 heteroatoms. The maximum atomic E-state index is 13.7. The minimum atomic E-state index is -1.16. The highest BCUT2D eigenvalue weighted by Gasteiger charge is 2.29. The van der Waals surface area contributed by atoms with E-state index in [1.54, 1.807) is 35.8 Å². The third-order valence-electron chi connectivity index (χ3n) is 4.70. The van der Waals surface area contributed by atoms with Gasteiger partial charge in [-0.25, -0.2) is 4.98 Å². The minimum Gasteiger partial charge on any atom is -0.465 e. The number of fused-ring (bicyclic) bond motifs is 1. The molecule has 0 spiro atoms. The average molecular weight is 498 g/mol. The molecule has 0 N–H and O–H groups in total. The third-order valence-corrected chi connectivity index (χ3v) is 7.29. The normalized spacial score (nSPS) is 11.9. The molecule has 0 amide bonds. The first-order chi connectivity index (χ1) is 15.9. The molecule has 1 atom stereocenters. The van der Waals surface area contributed by atoms with E-state index in [-0.39, 0.29) is 17.3 Å². The molecule has 0 saturated heterocycles. The second kappa shape index (κ2) is 9.82. The second-order valence-corrected chi connectivity index (χ2v) is 9.64. The minimum absolute atomic E-state index is 0.138. The number of rotatable bonds is 7. The number of ketones is 1. The van der Waals surface area contributed by atoms with Crippen LogP contribution < -0.4 is 5.56 Å². The van der Waals surface area contributed by atoms with Gasteiger partial charge in [0.2, 0.25) is 0 Å². The van der Waals surface area contributed by atoms with Crippen LogP contribution in [0.15, 0.2) is 70.6 Å². The van der Waals surface area contributed by atoms with Crippen LogP contribution in [0.25, 0.3) is 21.7 Å². The molecule has 0 fully saturated rings. The van der Waals surface area contributed by atoms with E-state index in [2.05, 4.69) is 0 Å². The van der Waals surface area contributed by atoms with Crippen molar-refractivity contribution in [1.82, 2.24) is 14.1 Å². The third kappa shape index (κ3) is 4.54. The highest BCUT2D eigenvalue weighted by Crippen LogP contribution is 2.30. The van der Waals surface area contributed by atoms with E-state index < -0.39 is 17.0 Å². The molecule has 2 aromatic heterocycles. The number of aromatic nitrogens is 3. The van der Waals surface area contributed by atoms with Gasteiger partial charge in [0.25, 0.3) is 5.56 Å². The smallest absolute Gasteiger partial charge is 0.327 e. The number of ether oxygens (including phenoxy) is 1. The standard InChI is InChI=1S/C23H19N3O4S3/c1-3-30-21(29)17(14(2)27)32-22-24-19-18(20(28)26(22)16-12-8-5-9-13-16)33-23(31)25(19)15-10-6-4-7-11-15/h4-13,17H,3H2,1-2H3/t17-/m0/s1. The van der Waals surface area contributed by atoms with Crippen molar-refractivity contribution < 1.29 is 14.3 Å². The Balaban J connectivity index is 2.00. The van der Waals surface area contributed by atoms with Crippen LogP contribution in [0, 0.1) is 3.95 Å². The predicted octanol–water partition coefficient (Wildman–Crippen LogP) is 4.58. The van der Waals surface area contributed by atoms with E-state index in [1.807, 2.05) is 36.4 Å². The first kappa shape index (κ1) is 23.1. The largest absolute Gasteiger partial charge is 0.465 e. The topological polar surface area (TPSA) is 83.2 Å². The Labute approximate surface area is 202 Å². The van der Waals surface area contributed by atoms with Gasteiger partial charge in [-0.15, -0.1) is 0 Å². The van der Waals surface area contributed by atoms with Crippen LogP contribution in [0.2, 0.25) is 0 Å². The van der Waals surface area contributed by atoms with Gasteiger partial charge in [-0.2, -0.15) is 0 Å². The summed E-state index contributed by atoms with van der Waals surface area (Å²) < 4.78 is 9.06. The summed E-state index contributed by atoms with van der Waals surface area (Å²) in [6.45, 7) is 3.12. The number of nitrogens with zero attached hydrogens (tertiary/aromatic N) is 3. The molecule has 7 nitrogen and oxygen atoms in total. The van der Waals surface area contributed by atoms with Gasteiger partial charge >= 0.3 is 5.97 Å². The van der Waals surface area contributed by atoms with Crippen molar-refractivity contribution in [3.8, 4) is 11.4 Å². The van der Waals surface area contributed by atoms with E-state index >= 15 is 0 Å². The number of carbonyl (C=O) groups is 2. The van der Waals surface area contributed by atoms with E-state index in [4.69, 9.17) is 21.9 Å². The molecular weight excluding hydrogens is 478 g/mol. The molecule has 4 rings (SSSR count). The van der Waals surface area contributed by atoms with Crippen molar-refractivity contribution in [2.24, 2.45) is 0 Å². The predicted molar refractivity (Wildman–Crippen MR) is 132 cm³/mol. The van der Waals surface area contributed by atoms with Crippen LogP contribution >= 0.6 is 35.3 Å². The zero-order chi connectivity index (χ0) is 23.5. The van der Waals surface area contributed by atoms with E-state index in [0.717, 1.165) is 17.4 Å². The summed E-state index contributed by atoms with van der Waals surface area (Å²) in [4.78, 5) is 43.2. The fourth-order valence-corrected chi connectivity index (χ4v) is 5.53. The Hall–Kier alpha value is -3.08. The van der Waals surface area contributed by atoms with Gasteiger partial charge in [0, 0.05) is 5.69 Å². The van der Waals surface area contributed by atoms with Crippen molar-refractivity contribution in [2.45, 2.75) is 24.3 Å². The monoisotopic (exact) mass is 497 g/mol. The van der Waals surface area contributed by atoms with Gasteiger partial charge < -0.3 is 4.74 Å². The molecule has 0 saturated carbocycles. The van der Waals surface area contributed by atoms with Crippen molar-refractivity contribution in [3.63, 3.8) is 0 Å². The number of Topliss-reactive ketones (excluding diaryl/α,β-unsaturated/α-hetero) is 1. The molecule has 0 bridgehead atoms. The van der Waals surface area contributed by atoms with Gasteiger partial charge in [0.15, 0.2) is 25.8 Å². The van der Waals surface area contributed by atoms with Gasteiger partial charge in [0.1, 0.15) is 4.70 Å². The molecular formula is C23H19N3O4S3. The summed E-state index contributed by atoms with van der Waals surface area (Å²) in [7, 11) is 0. The van der Waals surface area contributed by atoms with E-state index in [1.165, 1.54) is 22.8 Å². The highest BCUT2D eigenvalue weighted by molar-refractivity contribution is 8.01. The van der Waals surface area contributed by atoms with Gasteiger partial charge in [-0.1, -0.05) is 59.5 Å². The number of para-hydroxylation sites is 2. The number of hydrogen-bond acceptors (Lipinski definition) is 8. The van der Waals surface area contributed by atoms with Crippen LogP contribution in [0.1, 0.15) is 13.8 Å². The summed E-state index contributed by atoms with van der Waals surface area (Å²) in [5.41, 5.74) is 1.38. The number of carbonyl (C=O) groups excluding carboxylic acids is 2. The lowest BCUT2D eigenvalue weighted by Crippen LogP contribution is -2.29. The van der Waals surface area contributed by atoms with Crippen LogP contribution in [-0.2, 0) is 14.3 Å². The Bertz CT molecular complexity index is 1440. The van der Waals surface area contributed by atoms with Crippen LogP contribution in [0.3, 0.4) is 0 Å². The van der Waals surface area contributed by atoms with Crippen LogP contribution in [0.4, 0.5) is 0 Å². The zero-order valence-corrected chi connectivity index (χ0v) is 20.2. The highest BCUT2D eigenvalue weighted by atomic mass is 32.2. The fourth-order valence-electron chi connectivity index (χ4n) is 3.24. The zero-order valence-electron chi connectivity index (χ0n) is 17.8. The molecule has 2 heterocycles. The first-order valence-corrected chi connectivity index (χ1v) is 12.2. The summed E-state index contributed by atoms with van der Waals surface area (Å²) in [6, 6.07) is 18.3. The van der Waals surface area contributed by atoms with E-state index in [0.29, 0.717) is 20.0 Å². The fraction of sp³-hybridized carbons (Fsp3) is 0.174. The molecule has 0 aliphatic rings. The van der Waals surface area contributed by atoms with Crippen molar-refractivity contribution >= 4 is 57.4 Å². The lowest BCUT2D eigenvalue weighted by Gasteiger charge is -2.16. The van der Waals surface area contributed by atoms with E-state index in [9.17, 15) is 14.4 Å². The van der Waals surface area contributed by atoms with Crippen LogP contribution in [-0.4, -0.2) is 37.7 Å². The van der Waals surface area contributed by atoms with Crippen molar-refractivity contribution in [2.75, 3.05) is 6.61 Å². The Kier molecular flexibility index (Phi) is 6.87. The molecule has 0 aliphatic carbocycles. The lowest BCUT2D eigenvalue weighted by molar-refractivity contribution is -0.144. The van der Waals surface area contributed by atoms with Gasteiger partial charge in [-0.05, 0) is 50.3 Å². The number of thiazole rings is 1. The SMILES string of the molecule is CCOC(=O)[C@@H](Sc1nc2c(sc(=S)n2-c2ccccc2)c(=O)n1-c1ccccc1)C(C)=O. The maximum absolute atomic E-state index is 13.7. The molecule has 0 unspecified atom stereocenters. The molecule has 33 heavy (non-hydrogen) atoms. The number of esters is 1. The van der Waals surface area contributed by atoms with Gasteiger partial charge in [0.05, 0.1) is 12.3 Å². The molecule has 4 aromatic rings. The Morgan fingerprint density at radius 3 is 2.18 bits per heavy atom. The Morgan fingerprint density at radius 2 is 1.64 bits per heavy atom. The van der Waals surface area contributed by atoms with Gasteiger partial charge in [-0.3, -0.25) is 23.5 Å². The molecule has 168 valence electrons.